The average Bonchev–Trinajstić information content (AvgIpc) is 3.34. The van der Waals surface area contributed by atoms with Gasteiger partial charge in [0.05, 0.1) is 16.8 Å². The zero-order valence-corrected chi connectivity index (χ0v) is 17.1. The number of nitrogens with zero attached hydrogens (tertiary/aromatic N) is 3. The topological polar surface area (TPSA) is 110 Å². The first-order valence-electron chi connectivity index (χ1n) is 10.5. The molecule has 2 fully saturated rings. The summed E-state index contributed by atoms with van der Waals surface area (Å²) in [4.78, 5) is 57.8. The number of rotatable bonds is 5. The maximum Gasteiger partial charge on any atom is 0.363 e. The Morgan fingerprint density at radius 2 is 1.81 bits per heavy atom. The molecule has 3 heterocycles. The molecule has 1 aliphatic carbocycles. The standard InChI is InChI=1S/C23H20N4O5.H2/c28-20-9-10-21(29)27(20)32-23(31)15-4-1-3-14(11-15)18-13-26-12-16(7-8-19(26)25-18)22(30)24-17-5-2-6-17;/h1,3-4,7-8,11-13,17H,2,5-6,9-10H2,(H,24,30);1H. The summed E-state index contributed by atoms with van der Waals surface area (Å²) >= 11 is 0. The molecule has 3 aromatic rings. The van der Waals surface area contributed by atoms with Crippen LogP contribution in [0.15, 0.2) is 48.8 Å². The molecule has 0 spiro atoms. The zero-order chi connectivity index (χ0) is 22.2. The van der Waals surface area contributed by atoms with E-state index in [2.05, 4.69) is 10.3 Å². The highest BCUT2D eigenvalue weighted by Crippen LogP contribution is 2.23. The molecule has 1 aliphatic heterocycles. The van der Waals surface area contributed by atoms with Gasteiger partial charge in [-0.2, -0.15) is 0 Å². The van der Waals surface area contributed by atoms with E-state index in [0.717, 1.165) is 19.3 Å². The number of imide groups is 1. The second-order valence-electron chi connectivity index (χ2n) is 7.95. The number of carbonyl (C=O) groups is 4. The van der Waals surface area contributed by atoms with Gasteiger partial charge < -0.3 is 14.6 Å². The van der Waals surface area contributed by atoms with Gasteiger partial charge in [-0.25, -0.2) is 9.78 Å². The first-order chi connectivity index (χ1) is 15.5. The van der Waals surface area contributed by atoms with Crippen LogP contribution in [-0.2, 0) is 14.4 Å². The zero-order valence-electron chi connectivity index (χ0n) is 17.1. The van der Waals surface area contributed by atoms with Gasteiger partial charge in [0, 0.05) is 38.3 Å². The number of hydroxylamine groups is 2. The van der Waals surface area contributed by atoms with Gasteiger partial charge in [0.25, 0.3) is 17.7 Å². The van der Waals surface area contributed by atoms with Crippen molar-refractivity contribution in [2.75, 3.05) is 0 Å². The van der Waals surface area contributed by atoms with E-state index in [1.807, 2.05) is 0 Å². The number of imidazole rings is 1. The van der Waals surface area contributed by atoms with Crippen molar-refractivity contribution in [2.45, 2.75) is 38.1 Å². The molecule has 164 valence electrons. The Bertz CT molecular complexity index is 1250. The quantitative estimate of drug-likeness (QED) is 0.619. The Morgan fingerprint density at radius 1 is 1.03 bits per heavy atom. The molecule has 2 aromatic heterocycles. The lowest BCUT2D eigenvalue weighted by atomic mass is 9.93. The Hall–Kier alpha value is -4.01. The van der Waals surface area contributed by atoms with Crippen molar-refractivity contribution in [3.8, 4) is 11.3 Å². The number of hydrogen-bond donors (Lipinski definition) is 1. The van der Waals surface area contributed by atoms with Crippen LogP contribution in [0.4, 0.5) is 0 Å². The molecule has 0 radical (unpaired) electrons. The van der Waals surface area contributed by atoms with Crippen LogP contribution in [0.5, 0.6) is 0 Å². The van der Waals surface area contributed by atoms with Gasteiger partial charge in [0.1, 0.15) is 5.65 Å². The maximum absolute atomic E-state index is 12.4. The molecule has 0 unspecified atom stereocenters. The summed E-state index contributed by atoms with van der Waals surface area (Å²) in [7, 11) is 0. The lowest BCUT2D eigenvalue weighted by molar-refractivity contribution is -0.172. The lowest BCUT2D eigenvalue weighted by Gasteiger charge is -2.26. The van der Waals surface area contributed by atoms with E-state index < -0.39 is 17.8 Å². The van der Waals surface area contributed by atoms with Crippen molar-refractivity contribution in [3.05, 3.63) is 59.9 Å². The molecular weight excluding hydrogens is 412 g/mol. The molecule has 1 saturated heterocycles. The number of carbonyl (C=O) groups excluding carboxylic acids is 4. The molecule has 1 N–H and O–H groups in total. The predicted molar refractivity (Wildman–Crippen MR) is 114 cm³/mol. The number of fused-ring (bicyclic) bond motifs is 1. The van der Waals surface area contributed by atoms with Crippen LogP contribution >= 0.6 is 0 Å². The predicted octanol–water partition coefficient (Wildman–Crippen LogP) is 2.75. The van der Waals surface area contributed by atoms with Crippen molar-refractivity contribution in [2.24, 2.45) is 0 Å². The highest BCUT2D eigenvalue weighted by molar-refractivity contribution is 6.03. The van der Waals surface area contributed by atoms with Gasteiger partial charge in [-0.1, -0.05) is 12.1 Å². The smallest absolute Gasteiger partial charge is 0.349 e. The Kier molecular flexibility index (Phi) is 4.93. The van der Waals surface area contributed by atoms with Gasteiger partial charge in [-0.3, -0.25) is 14.4 Å². The number of hydrogen-bond acceptors (Lipinski definition) is 6. The summed E-state index contributed by atoms with van der Waals surface area (Å²) in [5, 5.41) is 3.54. The monoisotopic (exact) mass is 434 g/mol. The van der Waals surface area contributed by atoms with Crippen LogP contribution < -0.4 is 5.32 Å². The third kappa shape index (κ3) is 3.73. The van der Waals surface area contributed by atoms with E-state index in [9.17, 15) is 19.2 Å². The molecule has 2 aliphatic rings. The molecule has 5 rings (SSSR count). The molecule has 1 saturated carbocycles. The fourth-order valence-electron chi connectivity index (χ4n) is 3.69. The molecule has 9 heteroatoms. The van der Waals surface area contributed by atoms with Crippen molar-refractivity contribution < 1.29 is 25.4 Å². The molecule has 0 atom stereocenters. The Labute approximate surface area is 184 Å². The van der Waals surface area contributed by atoms with E-state index in [1.165, 1.54) is 6.07 Å². The van der Waals surface area contributed by atoms with E-state index in [1.54, 1.807) is 47.1 Å². The van der Waals surface area contributed by atoms with Crippen LogP contribution in [0.3, 0.4) is 0 Å². The molecule has 1 aromatic carbocycles. The minimum absolute atomic E-state index is 0. The second kappa shape index (κ2) is 7.92. The highest BCUT2D eigenvalue weighted by Gasteiger charge is 2.33. The van der Waals surface area contributed by atoms with Crippen LogP contribution in [0.1, 0.15) is 54.2 Å². The Morgan fingerprint density at radius 3 is 2.53 bits per heavy atom. The molecule has 32 heavy (non-hydrogen) atoms. The lowest BCUT2D eigenvalue weighted by Crippen LogP contribution is -2.39. The van der Waals surface area contributed by atoms with Crippen molar-refractivity contribution in [1.29, 1.82) is 0 Å². The summed E-state index contributed by atoms with van der Waals surface area (Å²) in [6.07, 6.45) is 6.74. The molecule has 0 bridgehead atoms. The van der Waals surface area contributed by atoms with Crippen LogP contribution in [-0.4, -0.2) is 44.2 Å². The molecule has 9 nitrogen and oxygen atoms in total. The maximum atomic E-state index is 12.4. The minimum Gasteiger partial charge on any atom is -0.349 e. The first-order valence-corrected chi connectivity index (χ1v) is 10.5. The van der Waals surface area contributed by atoms with Gasteiger partial charge in [0.2, 0.25) is 0 Å². The SMILES string of the molecule is O=C(NC1CCC1)c1ccc2nc(-c3cccc(C(=O)ON4C(=O)CCC4=O)c3)cn2c1.[HH]. The van der Waals surface area contributed by atoms with Crippen LogP contribution in [0, 0.1) is 0 Å². The van der Waals surface area contributed by atoms with Crippen LogP contribution in [0.25, 0.3) is 16.9 Å². The average molecular weight is 434 g/mol. The van der Waals surface area contributed by atoms with Gasteiger partial charge in [-0.05, 0) is 43.5 Å². The molecular formula is C23H22N4O5. The first kappa shape index (κ1) is 19.9. The third-order valence-electron chi connectivity index (χ3n) is 5.73. The number of pyridine rings is 1. The summed E-state index contributed by atoms with van der Waals surface area (Å²) in [5.41, 5.74) is 2.65. The van der Waals surface area contributed by atoms with E-state index in [4.69, 9.17) is 4.84 Å². The fourth-order valence-corrected chi connectivity index (χ4v) is 3.69. The third-order valence-corrected chi connectivity index (χ3v) is 5.73. The Balaban J connectivity index is 0.00000259. The second-order valence-corrected chi connectivity index (χ2v) is 7.95. The number of aromatic nitrogens is 2. The van der Waals surface area contributed by atoms with Gasteiger partial charge in [-0.15, -0.1) is 5.06 Å². The van der Waals surface area contributed by atoms with Crippen molar-refractivity contribution in [1.82, 2.24) is 19.8 Å². The summed E-state index contributed by atoms with van der Waals surface area (Å²) in [5.74, 6) is -1.97. The normalized spacial score (nSPS) is 16.3. The van der Waals surface area contributed by atoms with E-state index in [0.29, 0.717) is 27.5 Å². The van der Waals surface area contributed by atoms with Gasteiger partial charge in [0.15, 0.2) is 0 Å². The van der Waals surface area contributed by atoms with Gasteiger partial charge >= 0.3 is 5.97 Å². The fraction of sp³-hybridized carbons (Fsp3) is 0.261. The number of nitrogens with one attached hydrogen (secondary N) is 1. The highest BCUT2D eigenvalue weighted by atomic mass is 16.7. The van der Waals surface area contributed by atoms with Crippen LogP contribution in [0.2, 0.25) is 0 Å². The largest absolute Gasteiger partial charge is 0.363 e. The van der Waals surface area contributed by atoms with Crippen molar-refractivity contribution in [3.63, 3.8) is 0 Å². The number of amides is 3. The summed E-state index contributed by atoms with van der Waals surface area (Å²) < 4.78 is 1.76. The van der Waals surface area contributed by atoms with E-state index in [-0.39, 0.29) is 31.8 Å². The van der Waals surface area contributed by atoms with E-state index >= 15 is 0 Å². The summed E-state index contributed by atoms with van der Waals surface area (Å²) in [6, 6.07) is 10.3. The minimum atomic E-state index is -0.797. The number of benzene rings is 1. The molecule has 3 amide bonds. The summed E-state index contributed by atoms with van der Waals surface area (Å²) in [6.45, 7) is 0. The van der Waals surface area contributed by atoms with Crippen molar-refractivity contribution >= 4 is 29.3 Å².